The highest BCUT2D eigenvalue weighted by molar-refractivity contribution is 5.92. The van der Waals surface area contributed by atoms with Gasteiger partial charge in [0.15, 0.2) is 0 Å². The lowest BCUT2D eigenvalue weighted by Crippen LogP contribution is -2.41. The summed E-state index contributed by atoms with van der Waals surface area (Å²) in [5.74, 6) is 0.887. The van der Waals surface area contributed by atoms with Crippen LogP contribution in [-0.2, 0) is 16.0 Å². The Hall–Kier alpha value is -1.84. The molecule has 0 bridgehead atoms. The van der Waals surface area contributed by atoms with Gasteiger partial charge in [-0.3, -0.25) is 9.59 Å². The van der Waals surface area contributed by atoms with Gasteiger partial charge in [-0.15, -0.1) is 0 Å². The number of likely N-dealkylation sites (tertiary alicyclic amines) is 1. The Morgan fingerprint density at radius 3 is 2.25 bits per heavy atom. The quantitative estimate of drug-likeness (QED) is 0.784. The highest BCUT2D eigenvalue weighted by Crippen LogP contribution is 2.41. The predicted molar refractivity (Wildman–Crippen MR) is 111 cm³/mol. The maximum atomic E-state index is 12.8. The van der Waals surface area contributed by atoms with E-state index >= 15 is 0 Å². The van der Waals surface area contributed by atoms with E-state index in [1.807, 2.05) is 4.90 Å². The standard InChI is InChI=1S/C24H34N2O2/c27-23(25-20-10-6-1-2-7-11-20)21-17-22(21)24(28)26-14-12-19(13-15-26)16-18-8-4-3-5-9-18/h3-5,8-9,19-22H,1-2,6-7,10-17H2,(H,25,27). The minimum atomic E-state index is -0.0715. The van der Waals surface area contributed by atoms with Crippen molar-refractivity contribution in [1.82, 2.24) is 10.2 Å². The predicted octanol–water partition coefficient (Wildman–Crippen LogP) is 3.94. The van der Waals surface area contributed by atoms with Gasteiger partial charge < -0.3 is 10.2 Å². The van der Waals surface area contributed by atoms with E-state index in [-0.39, 0.29) is 23.7 Å². The second kappa shape index (κ2) is 9.11. The number of carbonyl (C=O) groups excluding carboxylic acids is 2. The first-order valence-corrected chi connectivity index (χ1v) is 11.3. The van der Waals surface area contributed by atoms with Crippen molar-refractivity contribution in [2.75, 3.05) is 13.1 Å². The molecule has 1 aromatic rings. The average Bonchev–Trinajstić information content (AvgIpc) is 3.54. The molecule has 3 aliphatic rings. The Balaban J connectivity index is 1.20. The van der Waals surface area contributed by atoms with Crippen LogP contribution >= 0.6 is 0 Å². The fraction of sp³-hybridized carbons (Fsp3) is 0.667. The van der Waals surface area contributed by atoms with E-state index < -0.39 is 0 Å². The lowest BCUT2D eigenvalue weighted by atomic mass is 9.90. The van der Waals surface area contributed by atoms with Crippen molar-refractivity contribution in [3.05, 3.63) is 35.9 Å². The molecule has 28 heavy (non-hydrogen) atoms. The fourth-order valence-electron chi connectivity index (χ4n) is 5.03. The van der Waals surface area contributed by atoms with Gasteiger partial charge in [0.2, 0.25) is 11.8 Å². The zero-order valence-corrected chi connectivity index (χ0v) is 16.9. The zero-order valence-electron chi connectivity index (χ0n) is 16.9. The van der Waals surface area contributed by atoms with Gasteiger partial charge in [0, 0.05) is 19.1 Å². The van der Waals surface area contributed by atoms with E-state index in [0.717, 1.165) is 51.6 Å². The number of hydrogen-bond donors (Lipinski definition) is 1. The van der Waals surface area contributed by atoms with E-state index in [2.05, 4.69) is 35.6 Å². The van der Waals surface area contributed by atoms with E-state index in [1.54, 1.807) is 0 Å². The third-order valence-corrected chi connectivity index (χ3v) is 6.94. The average molecular weight is 383 g/mol. The molecule has 2 saturated carbocycles. The smallest absolute Gasteiger partial charge is 0.226 e. The second-order valence-corrected chi connectivity index (χ2v) is 9.10. The van der Waals surface area contributed by atoms with E-state index in [1.165, 1.54) is 31.2 Å². The van der Waals surface area contributed by atoms with Crippen LogP contribution in [0.2, 0.25) is 0 Å². The van der Waals surface area contributed by atoms with E-state index in [4.69, 9.17) is 0 Å². The zero-order chi connectivity index (χ0) is 19.3. The van der Waals surface area contributed by atoms with E-state index in [0.29, 0.717) is 12.0 Å². The summed E-state index contributed by atoms with van der Waals surface area (Å²) in [4.78, 5) is 27.4. The first kappa shape index (κ1) is 19.5. The van der Waals surface area contributed by atoms with E-state index in [9.17, 15) is 9.59 Å². The van der Waals surface area contributed by atoms with Gasteiger partial charge in [0.25, 0.3) is 0 Å². The number of benzene rings is 1. The minimum Gasteiger partial charge on any atom is -0.353 e. The SMILES string of the molecule is O=C(NC1CCCCCC1)C1CC1C(=O)N1CCC(Cc2ccccc2)CC1. The Morgan fingerprint density at radius 2 is 1.57 bits per heavy atom. The van der Waals surface area contributed by atoms with Crippen molar-refractivity contribution in [3.8, 4) is 0 Å². The summed E-state index contributed by atoms with van der Waals surface area (Å²) in [6.45, 7) is 1.70. The van der Waals surface area contributed by atoms with Gasteiger partial charge in [-0.2, -0.15) is 0 Å². The maximum absolute atomic E-state index is 12.8. The molecule has 1 N–H and O–H groups in total. The molecule has 2 aliphatic carbocycles. The number of piperidine rings is 1. The molecule has 2 atom stereocenters. The monoisotopic (exact) mass is 382 g/mol. The van der Waals surface area contributed by atoms with Crippen molar-refractivity contribution < 1.29 is 9.59 Å². The number of rotatable bonds is 5. The molecule has 2 amide bonds. The Labute approximate surface area is 169 Å². The molecule has 0 aromatic heterocycles. The summed E-state index contributed by atoms with van der Waals surface area (Å²) >= 11 is 0. The Bertz CT molecular complexity index is 658. The summed E-state index contributed by atoms with van der Waals surface area (Å²) < 4.78 is 0. The van der Waals surface area contributed by atoms with Crippen molar-refractivity contribution in [2.45, 2.75) is 70.3 Å². The fourth-order valence-corrected chi connectivity index (χ4v) is 5.03. The Morgan fingerprint density at radius 1 is 0.893 bits per heavy atom. The van der Waals surface area contributed by atoms with Crippen molar-refractivity contribution in [1.29, 1.82) is 0 Å². The molecule has 1 aromatic carbocycles. The van der Waals surface area contributed by atoms with Crippen molar-refractivity contribution in [2.24, 2.45) is 17.8 Å². The molecule has 0 radical (unpaired) electrons. The molecule has 0 spiro atoms. The largest absolute Gasteiger partial charge is 0.353 e. The van der Waals surface area contributed by atoms with Crippen LogP contribution in [0.1, 0.15) is 63.4 Å². The summed E-state index contributed by atoms with van der Waals surface area (Å²) in [5.41, 5.74) is 1.39. The first-order chi connectivity index (χ1) is 13.7. The highest BCUT2D eigenvalue weighted by atomic mass is 16.2. The third kappa shape index (κ3) is 4.95. The minimum absolute atomic E-state index is 0.0588. The van der Waals surface area contributed by atoms with Crippen LogP contribution in [0.5, 0.6) is 0 Å². The summed E-state index contributed by atoms with van der Waals surface area (Å²) in [6.07, 6.45) is 11.2. The molecular weight excluding hydrogens is 348 g/mol. The molecule has 152 valence electrons. The molecule has 3 fully saturated rings. The van der Waals surface area contributed by atoms with Crippen molar-refractivity contribution >= 4 is 11.8 Å². The van der Waals surface area contributed by atoms with Crippen LogP contribution < -0.4 is 5.32 Å². The van der Waals surface area contributed by atoms with Gasteiger partial charge in [0.1, 0.15) is 0 Å². The van der Waals surface area contributed by atoms with Gasteiger partial charge >= 0.3 is 0 Å². The molecule has 4 rings (SSSR count). The molecule has 4 nitrogen and oxygen atoms in total. The van der Waals surface area contributed by atoms with Crippen LogP contribution in [0.25, 0.3) is 0 Å². The second-order valence-electron chi connectivity index (χ2n) is 9.10. The first-order valence-electron chi connectivity index (χ1n) is 11.3. The number of nitrogens with zero attached hydrogens (tertiary/aromatic N) is 1. The number of hydrogen-bond acceptors (Lipinski definition) is 2. The lowest BCUT2D eigenvalue weighted by molar-refractivity contribution is -0.136. The summed E-state index contributed by atoms with van der Waals surface area (Å²) in [5, 5.41) is 3.23. The van der Waals surface area contributed by atoms with Crippen LogP contribution in [-0.4, -0.2) is 35.8 Å². The lowest BCUT2D eigenvalue weighted by Gasteiger charge is -2.32. The molecule has 1 saturated heterocycles. The van der Waals surface area contributed by atoms with Gasteiger partial charge in [-0.1, -0.05) is 56.0 Å². The summed E-state index contributed by atoms with van der Waals surface area (Å²) in [6, 6.07) is 11.0. The Kier molecular flexibility index (Phi) is 6.33. The molecular formula is C24H34N2O2. The molecule has 2 unspecified atom stereocenters. The normalized spacial score (nSPS) is 26.5. The van der Waals surface area contributed by atoms with Crippen molar-refractivity contribution in [3.63, 3.8) is 0 Å². The van der Waals surface area contributed by atoms with Crippen LogP contribution in [0.15, 0.2) is 30.3 Å². The van der Waals surface area contributed by atoms with Gasteiger partial charge in [0.05, 0.1) is 11.8 Å². The number of nitrogens with one attached hydrogen (secondary N) is 1. The number of carbonyl (C=O) groups is 2. The number of amides is 2. The molecule has 4 heteroatoms. The maximum Gasteiger partial charge on any atom is 0.226 e. The van der Waals surface area contributed by atoms with Crippen LogP contribution in [0.3, 0.4) is 0 Å². The molecule has 1 aliphatic heterocycles. The van der Waals surface area contributed by atoms with Gasteiger partial charge in [-0.25, -0.2) is 0 Å². The highest BCUT2D eigenvalue weighted by Gasteiger charge is 2.50. The van der Waals surface area contributed by atoms with Gasteiger partial charge in [-0.05, 0) is 50.0 Å². The summed E-state index contributed by atoms with van der Waals surface area (Å²) in [7, 11) is 0. The topological polar surface area (TPSA) is 49.4 Å². The molecule has 1 heterocycles. The van der Waals surface area contributed by atoms with Crippen LogP contribution in [0.4, 0.5) is 0 Å². The third-order valence-electron chi connectivity index (χ3n) is 6.94. The van der Waals surface area contributed by atoms with Crippen LogP contribution in [0, 0.1) is 17.8 Å².